The Labute approximate surface area is 127 Å². The molecule has 0 bridgehead atoms. The fourth-order valence-corrected chi connectivity index (χ4v) is 3.50. The zero-order chi connectivity index (χ0) is 15.4. The molecule has 1 aliphatic rings. The van der Waals surface area contributed by atoms with E-state index in [-0.39, 0.29) is 0 Å². The van der Waals surface area contributed by atoms with Gasteiger partial charge in [0.05, 0.1) is 5.56 Å². The van der Waals surface area contributed by atoms with Gasteiger partial charge in [-0.2, -0.15) is 0 Å². The molecule has 1 fully saturated rings. The summed E-state index contributed by atoms with van der Waals surface area (Å²) in [6, 6.07) is 7.78. The zero-order valence-electron chi connectivity index (χ0n) is 13.3. The Morgan fingerprint density at radius 3 is 2.81 bits per heavy atom. The maximum absolute atomic E-state index is 11.0. The molecule has 3 atom stereocenters. The third-order valence-corrected chi connectivity index (χ3v) is 4.76. The zero-order valence-corrected chi connectivity index (χ0v) is 13.3. The molecule has 1 aromatic rings. The van der Waals surface area contributed by atoms with Crippen LogP contribution in [0.3, 0.4) is 0 Å². The third kappa shape index (κ3) is 4.31. The summed E-state index contributed by atoms with van der Waals surface area (Å²) in [5.74, 6) is 1.34. The van der Waals surface area contributed by atoms with Crippen LogP contribution in [0.2, 0.25) is 0 Å². The number of carbonyl (C=O) groups is 1. The Morgan fingerprint density at radius 1 is 1.38 bits per heavy atom. The van der Waals surface area contributed by atoms with Gasteiger partial charge in [0.15, 0.2) is 0 Å². The lowest BCUT2D eigenvalue weighted by Crippen LogP contribution is -2.42. The van der Waals surface area contributed by atoms with Crippen LogP contribution >= 0.6 is 0 Å². The first-order valence-electron chi connectivity index (χ1n) is 8.03. The van der Waals surface area contributed by atoms with Gasteiger partial charge in [-0.3, -0.25) is 0 Å². The van der Waals surface area contributed by atoms with E-state index >= 15 is 0 Å². The van der Waals surface area contributed by atoms with Gasteiger partial charge >= 0.3 is 5.97 Å². The molecule has 0 aromatic heterocycles. The van der Waals surface area contributed by atoms with Gasteiger partial charge in [-0.15, -0.1) is 0 Å². The van der Waals surface area contributed by atoms with E-state index < -0.39 is 5.97 Å². The first-order chi connectivity index (χ1) is 9.97. The van der Waals surface area contributed by atoms with Gasteiger partial charge < -0.3 is 10.4 Å². The highest BCUT2D eigenvalue weighted by Gasteiger charge is 2.30. The molecular weight excluding hydrogens is 262 g/mol. The molecule has 1 saturated carbocycles. The van der Waals surface area contributed by atoms with Crippen LogP contribution in [0.25, 0.3) is 0 Å². The number of carboxylic acid groups (broad SMARTS) is 1. The molecule has 0 amide bonds. The van der Waals surface area contributed by atoms with Crippen LogP contribution in [-0.4, -0.2) is 17.1 Å². The van der Waals surface area contributed by atoms with Crippen molar-refractivity contribution in [2.24, 2.45) is 17.8 Å². The summed E-state index contributed by atoms with van der Waals surface area (Å²) in [7, 11) is 0. The van der Waals surface area contributed by atoms with E-state index in [4.69, 9.17) is 5.11 Å². The van der Waals surface area contributed by atoms with Crippen molar-refractivity contribution >= 4 is 5.97 Å². The molecule has 3 heteroatoms. The number of hydrogen-bond acceptors (Lipinski definition) is 2. The van der Waals surface area contributed by atoms with Crippen molar-refractivity contribution in [1.29, 1.82) is 0 Å². The SMILES string of the molecule is CC1CCC(C(C)C)C(NCc2cccc(C(=O)O)c2)C1. The largest absolute Gasteiger partial charge is 0.478 e. The molecule has 0 aliphatic heterocycles. The first kappa shape index (κ1) is 16.0. The molecule has 0 radical (unpaired) electrons. The van der Waals surface area contributed by atoms with Crippen molar-refractivity contribution in [2.45, 2.75) is 52.6 Å². The molecule has 1 aliphatic carbocycles. The van der Waals surface area contributed by atoms with Crippen LogP contribution in [0, 0.1) is 17.8 Å². The minimum absolute atomic E-state index is 0.367. The number of benzene rings is 1. The van der Waals surface area contributed by atoms with Gasteiger partial charge in [0.2, 0.25) is 0 Å². The summed E-state index contributed by atoms with van der Waals surface area (Å²) in [6.45, 7) is 7.69. The van der Waals surface area contributed by atoms with Crippen LogP contribution in [-0.2, 0) is 6.54 Å². The van der Waals surface area contributed by atoms with Crippen molar-refractivity contribution in [1.82, 2.24) is 5.32 Å². The van der Waals surface area contributed by atoms with Crippen LogP contribution in [0.5, 0.6) is 0 Å². The van der Waals surface area contributed by atoms with E-state index in [1.807, 2.05) is 12.1 Å². The topological polar surface area (TPSA) is 49.3 Å². The van der Waals surface area contributed by atoms with Crippen molar-refractivity contribution in [3.05, 3.63) is 35.4 Å². The lowest BCUT2D eigenvalue weighted by Gasteiger charge is -2.38. The molecule has 0 spiro atoms. The standard InChI is InChI=1S/C18H27NO2/c1-12(2)16-8-7-13(3)9-17(16)19-11-14-5-4-6-15(10-14)18(20)21/h4-6,10,12-13,16-17,19H,7-9,11H2,1-3H3,(H,20,21). The third-order valence-electron chi connectivity index (χ3n) is 4.76. The van der Waals surface area contributed by atoms with Crippen LogP contribution in [0.1, 0.15) is 56.0 Å². The fourth-order valence-electron chi connectivity index (χ4n) is 3.50. The second-order valence-electron chi connectivity index (χ2n) is 6.82. The summed E-state index contributed by atoms with van der Waals surface area (Å²) in [5, 5.41) is 12.7. The molecule has 0 heterocycles. The lowest BCUT2D eigenvalue weighted by atomic mass is 9.74. The minimum Gasteiger partial charge on any atom is -0.478 e. The maximum atomic E-state index is 11.0. The van der Waals surface area contributed by atoms with Gasteiger partial charge in [0.1, 0.15) is 0 Å². The average molecular weight is 289 g/mol. The normalized spacial score (nSPS) is 26.0. The van der Waals surface area contributed by atoms with E-state index in [2.05, 4.69) is 26.1 Å². The quantitative estimate of drug-likeness (QED) is 0.863. The van der Waals surface area contributed by atoms with E-state index in [0.717, 1.165) is 23.9 Å². The highest BCUT2D eigenvalue weighted by Crippen LogP contribution is 2.33. The van der Waals surface area contributed by atoms with Crippen LogP contribution in [0.15, 0.2) is 24.3 Å². The second-order valence-corrected chi connectivity index (χ2v) is 6.82. The van der Waals surface area contributed by atoms with E-state index in [0.29, 0.717) is 17.5 Å². The summed E-state index contributed by atoms with van der Waals surface area (Å²) in [5.41, 5.74) is 1.42. The van der Waals surface area contributed by atoms with Crippen LogP contribution in [0.4, 0.5) is 0 Å². The Morgan fingerprint density at radius 2 is 2.14 bits per heavy atom. The molecule has 2 N–H and O–H groups in total. The maximum Gasteiger partial charge on any atom is 0.335 e. The number of rotatable bonds is 5. The summed E-state index contributed by atoms with van der Waals surface area (Å²) < 4.78 is 0. The monoisotopic (exact) mass is 289 g/mol. The van der Waals surface area contributed by atoms with Crippen molar-refractivity contribution in [2.75, 3.05) is 0 Å². The highest BCUT2D eigenvalue weighted by atomic mass is 16.4. The van der Waals surface area contributed by atoms with Gasteiger partial charge in [-0.1, -0.05) is 39.3 Å². The molecule has 21 heavy (non-hydrogen) atoms. The second kappa shape index (κ2) is 7.08. The van der Waals surface area contributed by atoms with E-state index in [9.17, 15) is 4.79 Å². The number of carboxylic acids is 1. The Kier molecular flexibility index (Phi) is 5.40. The highest BCUT2D eigenvalue weighted by molar-refractivity contribution is 5.87. The van der Waals surface area contributed by atoms with Gasteiger partial charge in [-0.05, 0) is 48.3 Å². The van der Waals surface area contributed by atoms with Gasteiger partial charge in [0.25, 0.3) is 0 Å². The Bertz CT molecular complexity index is 484. The summed E-state index contributed by atoms with van der Waals surface area (Å²) in [4.78, 5) is 11.0. The number of aromatic carboxylic acids is 1. The molecule has 3 nitrogen and oxygen atoms in total. The number of nitrogens with one attached hydrogen (secondary N) is 1. The smallest absolute Gasteiger partial charge is 0.335 e. The van der Waals surface area contributed by atoms with Crippen molar-refractivity contribution in [3.8, 4) is 0 Å². The Hall–Kier alpha value is -1.35. The minimum atomic E-state index is -0.858. The van der Waals surface area contributed by atoms with E-state index in [1.54, 1.807) is 12.1 Å². The molecule has 1 aromatic carbocycles. The predicted molar refractivity (Wildman–Crippen MR) is 85.4 cm³/mol. The molecule has 3 unspecified atom stereocenters. The van der Waals surface area contributed by atoms with Gasteiger partial charge in [0, 0.05) is 12.6 Å². The summed E-state index contributed by atoms with van der Waals surface area (Å²) >= 11 is 0. The average Bonchev–Trinajstić information content (AvgIpc) is 2.45. The lowest BCUT2D eigenvalue weighted by molar-refractivity contribution is 0.0696. The fraction of sp³-hybridized carbons (Fsp3) is 0.611. The molecule has 0 saturated heterocycles. The van der Waals surface area contributed by atoms with Crippen LogP contribution < -0.4 is 5.32 Å². The molecular formula is C18H27NO2. The Balaban J connectivity index is 2.00. The molecule has 116 valence electrons. The van der Waals surface area contributed by atoms with E-state index in [1.165, 1.54) is 19.3 Å². The number of hydrogen-bond donors (Lipinski definition) is 2. The predicted octanol–water partition coefficient (Wildman–Crippen LogP) is 3.94. The first-order valence-corrected chi connectivity index (χ1v) is 8.03. The summed E-state index contributed by atoms with van der Waals surface area (Å²) in [6.07, 6.45) is 3.85. The van der Waals surface area contributed by atoms with Gasteiger partial charge in [-0.25, -0.2) is 4.79 Å². The molecule has 2 rings (SSSR count). The van der Waals surface area contributed by atoms with Crippen molar-refractivity contribution < 1.29 is 9.90 Å². The van der Waals surface area contributed by atoms with Crippen molar-refractivity contribution in [3.63, 3.8) is 0 Å².